The number of allylic oxidation sites excluding steroid dienone is 3. The lowest BCUT2D eigenvalue weighted by Gasteiger charge is -2.08. The van der Waals surface area contributed by atoms with Gasteiger partial charge in [0.2, 0.25) is 0 Å². The molecule has 0 radical (unpaired) electrons. The topological polar surface area (TPSA) is 6.25 Å². The molecule has 2 nitrogen and oxygen atoms in total. The molecule has 0 amide bonds. The molecule has 0 spiro atoms. The van der Waals surface area contributed by atoms with E-state index < -0.39 is 7.25 Å². The third kappa shape index (κ3) is 6.10. The molecule has 0 aromatic heterocycles. The van der Waals surface area contributed by atoms with Crippen LogP contribution in [0.2, 0.25) is 0 Å². The van der Waals surface area contributed by atoms with Crippen LogP contribution in [0.4, 0.5) is 17.3 Å². The monoisotopic (exact) mass is 348 g/mol. The summed E-state index contributed by atoms with van der Waals surface area (Å²) in [6, 6.07) is 8.32. The summed E-state index contributed by atoms with van der Waals surface area (Å²) in [4.78, 5) is 2.02. The van der Waals surface area contributed by atoms with Crippen LogP contribution >= 0.6 is 11.6 Å². The molecule has 0 saturated heterocycles. The van der Waals surface area contributed by atoms with E-state index in [0.29, 0.717) is 0 Å². The summed E-state index contributed by atoms with van der Waals surface area (Å²) in [5.41, 5.74) is 4.57. The minimum Gasteiger partial charge on any atom is -0.418 e. The van der Waals surface area contributed by atoms with Gasteiger partial charge in [0.25, 0.3) is 0 Å². The molecule has 0 fully saturated rings. The maximum Gasteiger partial charge on any atom is 0.673 e. The Kier molecular flexibility index (Phi) is 6.44. The fourth-order valence-corrected chi connectivity index (χ4v) is 2.40. The van der Waals surface area contributed by atoms with E-state index in [1.807, 2.05) is 49.8 Å². The second kappa shape index (κ2) is 7.68. The molecule has 0 heterocycles. The summed E-state index contributed by atoms with van der Waals surface area (Å²) in [6.07, 6.45) is 4.13. The smallest absolute Gasteiger partial charge is 0.418 e. The summed E-state index contributed by atoms with van der Waals surface area (Å²) in [5, 5.41) is 0.818. The molecule has 1 aromatic rings. The standard InChI is InChI=1S/C15H18ClN2.BF4/c1-17(2)9-13-11-7-5-6-8-12(11)14(15(13)16)10-18(3)4;2-1(3,4)5/h5-10H,1-4H3;/q+1;-1. The van der Waals surface area contributed by atoms with Gasteiger partial charge in [-0.15, -0.1) is 0 Å². The van der Waals surface area contributed by atoms with Crippen molar-refractivity contribution in [2.75, 3.05) is 28.2 Å². The van der Waals surface area contributed by atoms with Crippen molar-refractivity contribution in [1.29, 1.82) is 0 Å². The predicted molar refractivity (Wildman–Crippen MR) is 89.2 cm³/mol. The summed E-state index contributed by atoms with van der Waals surface area (Å²) in [6.45, 7) is 0. The third-order valence-corrected chi connectivity index (χ3v) is 3.16. The van der Waals surface area contributed by atoms with E-state index in [2.05, 4.69) is 24.5 Å². The van der Waals surface area contributed by atoms with Crippen LogP contribution in [0.1, 0.15) is 11.1 Å². The molecule has 0 atom stereocenters. The van der Waals surface area contributed by atoms with Crippen molar-refractivity contribution in [3.63, 3.8) is 0 Å². The molecule has 0 N–H and O–H groups in total. The van der Waals surface area contributed by atoms with E-state index in [0.717, 1.165) is 16.2 Å². The summed E-state index contributed by atoms with van der Waals surface area (Å²) in [5.74, 6) is 0. The predicted octanol–water partition coefficient (Wildman–Crippen LogP) is 4.20. The van der Waals surface area contributed by atoms with Gasteiger partial charge >= 0.3 is 7.25 Å². The number of hydrogen-bond acceptors (Lipinski definition) is 1. The Morgan fingerprint density at radius 3 is 1.96 bits per heavy atom. The minimum absolute atomic E-state index is 0.818. The van der Waals surface area contributed by atoms with Crippen molar-refractivity contribution in [2.45, 2.75) is 0 Å². The summed E-state index contributed by atoms with van der Waals surface area (Å²) < 4.78 is 41.0. The SMILES string of the molecule is CN(C)/C=C1/C(Cl)=C(C=[N+](C)C)c2ccccc21.F[B-](F)(F)F. The Labute approximate surface area is 138 Å². The van der Waals surface area contributed by atoms with E-state index in [-0.39, 0.29) is 0 Å². The van der Waals surface area contributed by atoms with Crippen molar-refractivity contribution in [2.24, 2.45) is 0 Å². The van der Waals surface area contributed by atoms with Crippen LogP contribution in [0.15, 0.2) is 35.5 Å². The lowest BCUT2D eigenvalue weighted by Crippen LogP contribution is -2.02. The van der Waals surface area contributed by atoms with E-state index in [9.17, 15) is 17.3 Å². The van der Waals surface area contributed by atoms with Gasteiger partial charge in [-0.05, 0) is 11.1 Å². The molecule has 0 aliphatic heterocycles. The quantitative estimate of drug-likeness (QED) is 0.336. The van der Waals surface area contributed by atoms with Crippen LogP contribution in [0.25, 0.3) is 11.1 Å². The Morgan fingerprint density at radius 1 is 1.04 bits per heavy atom. The van der Waals surface area contributed by atoms with Gasteiger partial charge in [0.1, 0.15) is 14.1 Å². The molecule has 2 rings (SSSR count). The van der Waals surface area contributed by atoms with E-state index in [4.69, 9.17) is 11.6 Å². The Hall–Kier alpha value is -1.76. The highest BCUT2D eigenvalue weighted by atomic mass is 35.5. The van der Waals surface area contributed by atoms with Crippen LogP contribution in [-0.2, 0) is 0 Å². The van der Waals surface area contributed by atoms with Crippen LogP contribution in [0, 0.1) is 0 Å². The molecule has 0 saturated carbocycles. The summed E-state index contributed by atoms with van der Waals surface area (Å²) >= 11 is 6.52. The molecular formula is C15H18BClF4N2. The van der Waals surface area contributed by atoms with Gasteiger partial charge in [-0.1, -0.05) is 35.9 Å². The highest BCUT2D eigenvalue weighted by Gasteiger charge is 2.25. The van der Waals surface area contributed by atoms with E-state index in [1.54, 1.807) is 0 Å². The number of halogens is 5. The number of nitrogens with zero attached hydrogens (tertiary/aromatic N) is 2. The number of rotatable bonds is 2. The maximum atomic E-state index is 9.75. The highest BCUT2D eigenvalue weighted by molar-refractivity contribution is 6.50. The average molecular weight is 349 g/mol. The average Bonchev–Trinajstić information content (AvgIpc) is 2.62. The second-order valence-electron chi connectivity index (χ2n) is 5.37. The van der Waals surface area contributed by atoms with Gasteiger partial charge in [-0.25, -0.2) is 4.58 Å². The van der Waals surface area contributed by atoms with Crippen molar-refractivity contribution < 1.29 is 21.8 Å². The normalized spacial score (nSPS) is 15.1. The van der Waals surface area contributed by atoms with Crippen molar-refractivity contribution in [3.8, 4) is 0 Å². The Morgan fingerprint density at radius 2 is 1.52 bits per heavy atom. The number of hydrogen-bond donors (Lipinski definition) is 0. The molecule has 8 heteroatoms. The van der Waals surface area contributed by atoms with Crippen molar-refractivity contribution >= 4 is 36.2 Å². The first-order valence-electron chi connectivity index (χ1n) is 6.77. The molecule has 1 aliphatic carbocycles. The van der Waals surface area contributed by atoms with Gasteiger partial charge < -0.3 is 22.2 Å². The highest BCUT2D eigenvalue weighted by Crippen LogP contribution is 2.42. The lowest BCUT2D eigenvalue weighted by atomic mass is 10.0. The first-order valence-corrected chi connectivity index (χ1v) is 7.15. The molecule has 23 heavy (non-hydrogen) atoms. The van der Waals surface area contributed by atoms with Crippen molar-refractivity contribution in [3.05, 3.63) is 46.6 Å². The number of benzene rings is 1. The maximum absolute atomic E-state index is 9.75. The van der Waals surface area contributed by atoms with Crippen LogP contribution in [0.5, 0.6) is 0 Å². The molecule has 126 valence electrons. The van der Waals surface area contributed by atoms with Crippen molar-refractivity contribution in [1.82, 2.24) is 4.90 Å². The third-order valence-electron chi connectivity index (χ3n) is 2.75. The lowest BCUT2D eigenvalue weighted by molar-refractivity contribution is -0.458. The zero-order valence-electron chi connectivity index (χ0n) is 13.3. The van der Waals surface area contributed by atoms with E-state index >= 15 is 0 Å². The van der Waals surface area contributed by atoms with Gasteiger partial charge in [-0.2, -0.15) is 0 Å². The fourth-order valence-electron chi connectivity index (χ4n) is 2.10. The first kappa shape index (κ1) is 19.3. The zero-order valence-corrected chi connectivity index (χ0v) is 14.1. The summed E-state index contributed by atoms with van der Waals surface area (Å²) in [7, 11) is 2.03. The van der Waals surface area contributed by atoms with Crippen LogP contribution in [-0.4, -0.2) is 51.1 Å². The molecule has 1 aliphatic rings. The largest absolute Gasteiger partial charge is 0.673 e. The van der Waals surface area contributed by atoms with Gasteiger partial charge in [-0.3, -0.25) is 0 Å². The molecular weight excluding hydrogens is 330 g/mol. The van der Waals surface area contributed by atoms with E-state index in [1.165, 1.54) is 11.1 Å². The fraction of sp³-hybridized carbons (Fsp3) is 0.267. The molecule has 0 unspecified atom stereocenters. The number of fused-ring (bicyclic) bond motifs is 1. The molecule has 1 aromatic carbocycles. The Bertz CT molecular complexity index is 654. The van der Waals surface area contributed by atoms with Gasteiger partial charge in [0, 0.05) is 25.9 Å². The van der Waals surface area contributed by atoms with Gasteiger partial charge in [0.15, 0.2) is 6.21 Å². The van der Waals surface area contributed by atoms with Gasteiger partial charge in [0.05, 0.1) is 10.6 Å². The van der Waals surface area contributed by atoms with Crippen LogP contribution in [0.3, 0.4) is 0 Å². The minimum atomic E-state index is -6.00. The second-order valence-corrected chi connectivity index (χ2v) is 5.75. The first-order chi connectivity index (χ1) is 10.5. The zero-order chi connectivity index (χ0) is 17.8. The Balaban J connectivity index is 0.000000463. The van der Waals surface area contributed by atoms with Crippen LogP contribution < -0.4 is 0 Å². The molecule has 0 bridgehead atoms.